The van der Waals surface area contributed by atoms with Crippen LogP contribution in [0.1, 0.15) is 37.0 Å². The Morgan fingerprint density at radius 3 is 2.54 bits per heavy atom. The molecule has 1 aromatic carbocycles. The number of nitro benzene ring substituents is 1. The number of hydrogen-bond donors (Lipinski definition) is 0. The summed E-state index contributed by atoms with van der Waals surface area (Å²) < 4.78 is 9.70. The van der Waals surface area contributed by atoms with Crippen molar-refractivity contribution < 1.29 is 24.0 Å². The van der Waals surface area contributed by atoms with Gasteiger partial charge in [-0.25, -0.2) is 9.59 Å². The lowest BCUT2D eigenvalue weighted by Gasteiger charge is -2.17. The average molecular weight is 336 g/mol. The molecule has 0 radical (unpaired) electrons. The lowest BCUT2D eigenvalue weighted by atomic mass is 10.1. The molecular formula is C16H20N2O6. The van der Waals surface area contributed by atoms with E-state index >= 15 is 0 Å². The Bertz CT molecular complexity index is 637. The van der Waals surface area contributed by atoms with Crippen molar-refractivity contribution in [3.63, 3.8) is 0 Å². The number of benzene rings is 1. The maximum absolute atomic E-state index is 12.0. The molecule has 0 aliphatic carbocycles. The zero-order chi connectivity index (χ0) is 17.7. The van der Waals surface area contributed by atoms with E-state index in [2.05, 4.69) is 0 Å². The van der Waals surface area contributed by atoms with Crippen molar-refractivity contribution in [1.29, 1.82) is 0 Å². The number of carbonyl (C=O) groups excluding carboxylic acids is 2. The van der Waals surface area contributed by atoms with Gasteiger partial charge < -0.3 is 14.4 Å². The first-order valence-electron chi connectivity index (χ1n) is 7.78. The van der Waals surface area contributed by atoms with Crippen LogP contribution in [-0.2, 0) is 14.3 Å². The van der Waals surface area contributed by atoms with E-state index in [1.54, 1.807) is 19.9 Å². The molecule has 0 atom stereocenters. The van der Waals surface area contributed by atoms with E-state index < -0.39 is 23.5 Å². The van der Waals surface area contributed by atoms with Crippen LogP contribution in [-0.4, -0.2) is 42.7 Å². The van der Waals surface area contributed by atoms with Crippen LogP contribution < -0.4 is 4.90 Å². The van der Waals surface area contributed by atoms with Crippen molar-refractivity contribution in [2.24, 2.45) is 0 Å². The van der Waals surface area contributed by atoms with Gasteiger partial charge in [0, 0.05) is 19.2 Å². The number of hydrogen-bond acceptors (Lipinski definition) is 7. The highest BCUT2D eigenvalue weighted by Crippen LogP contribution is 2.31. The van der Waals surface area contributed by atoms with E-state index in [-0.39, 0.29) is 17.4 Å². The number of rotatable bonds is 6. The largest absolute Gasteiger partial charge is 0.460 e. The van der Waals surface area contributed by atoms with E-state index in [9.17, 15) is 19.7 Å². The van der Waals surface area contributed by atoms with Gasteiger partial charge in [0.25, 0.3) is 5.69 Å². The summed E-state index contributed by atoms with van der Waals surface area (Å²) in [5.74, 6) is -1.46. The van der Waals surface area contributed by atoms with E-state index in [0.29, 0.717) is 5.69 Å². The van der Waals surface area contributed by atoms with E-state index in [0.717, 1.165) is 25.9 Å². The Balaban J connectivity index is 2.10. The minimum atomic E-state index is -0.799. The lowest BCUT2D eigenvalue weighted by Crippen LogP contribution is -2.21. The van der Waals surface area contributed by atoms with Crippen molar-refractivity contribution in [2.45, 2.75) is 32.8 Å². The van der Waals surface area contributed by atoms with Crippen LogP contribution >= 0.6 is 0 Å². The van der Waals surface area contributed by atoms with Gasteiger partial charge in [-0.1, -0.05) is 0 Å². The van der Waals surface area contributed by atoms with Crippen LogP contribution in [0.2, 0.25) is 0 Å². The molecule has 0 spiro atoms. The normalized spacial score (nSPS) is 13.9. The minimum Gasteiger partial charge on any atom is -0.460 e. The number of nitrogens with zero attached hydrogens (tertiary/aromatic N) is 2. The lowest BCUT2D eigenvalue weighted by molar-refractivity contribution is -0.384. The van der Waals surface area contributed by atoms with Gasteiger partial charge in [0.1, 0.15) is 5.69 Å². The first kappa shape index (κ1) is 17.7. The fraction of sp³-hybridized carbons (Fsp3) is 0.500. The van der Waals surface area contributed by atoms with Crippen LogP contribution in [0.5, 0.6) is 0 Å². The molecule has 0 aromatic heterocycles. The Labute approximate surface area is 139 Å². The van der Waals surface area contributed by atoms with Gasteiger partial charge in [-0.05, 0) is 38.8 Å². The maximum Gasteiger partial charge on any atom is 0.344 e. The second-order valence-electron chi connectivity index (χ2n) is 5.77. The Hall–Kier alpha value is -2.64. The molecule has 1 aliphatic heterocycles. The van der Waals surface area contributed by atoms with Gasteiger partial charge in [-0.15, -0.1) is 0 Å². The number of anilines is 1. The number of carbonyl (C=O) groups is 2. The predicted octanol–water partition coefficient (Wildman–Crippen LogP) is 2.30. The molecule has 8 nitrogen and oxygen atoms in total. The monoisotopic (exact) mass is 336 g/mol. The summed E-state index contributed by atoms with van der Waals surface area (Å²) in [6.07, 6.45) is 1.66. The van der Waals surface area contributed by atoms with Gasteiger partial charge in [0.15, 0.2) is 6.61 Å². The molecule has 8 heteroatoms. The molecule has 1 aliphatic rings. The second-order valence-corrected chi connectivity index (χ2v) is 5.77. The maximum atomic E-state index is 12.0. The zero-order valence-corrected chi connectivity index (χ0v) is 13.7. The highest BCUT2D eigenvalue weighted by molar-refractivity contribution is 5.92. The molecule has 1 saturated heterocycles. The van der Waals surface area contributed by atoms with E-state index in [4.69, 9.17) is 9.47 Å². The predicted molar refractivity (Wildman–Crippen MR) is 86.1 cm³/mol. The molecule has 0 N–H and O–H groups in total. The van der Waals surface area contributed by atoms with Crippen molar-refractivity contribution in [3.05, 3.63) is 33.9 Å². The van der Waals surface area contributed by atoms with Crippen molar-refractivity contribution in [3.8, 4) is 0 Å². The van der Waals surface area contributed by atoms with Crippen LogP contribution in [0, 0.1) is 10.1 Å². The summed E-state index contributed by atoms with van der Waals surface area (Å²) >= 11 is 0. The molecule has 2 rings (SSSR count). The molecule has 1 fully saturated rings. The van der Waals surface area contributed by atoms with Crippen LogP contribution in [0.3, 0.4) is 0 Å². The molecule has 0 saturated carbocycles. The highest BCUT2D eigenvalue weighted by Gasteiger charge is 2.24. The average Bonchev–Trinajstić information content (AvgIpc) is 3.05. The van der Waals surface area contributed by atoms with E-state index in [1.165, 1.54) is 12.1 Å². The molecule has 0 bridgehead atoms. The fourth-order valence-electron chi connectivity index (χ4n) is 2.53. The van der Waals surface area contributed by atoms with Crippen molar-refractivity contribution in [1.82, 2.24) is 0 Å². The summed E-state index contributed by atoms with van der Waals surface area (Å²) in [5, 5.41) is 11.3. The highest BCUT2D eigenvalue weighted by atomic mass is 16.6. The van der Waals surface area contributed by atoms with Crippen LogP contribution in [0.4, 0.5) is 11.4 Å². The van der Waals surface area contributed by atoms with Gasteiger partial charge in [-0.2, -0.15) is 0 Å². The molecule has 130 valence electrons. The summed E-state index contributed by atoms with van der Waals surface area (Å²) in [6, 6.07) is 4.20. The molecule has 24 heavy (non-hydrogen) atoms. The third-order valence-corrected chi connectivity index (χ3v) is 3.54. The van der Waals surface area contributed by atoms with Crippen molar-refractivity contribution in [2.75, 3.05) is 24.6 Å². The first-order chi connectivity index (χ1) is 11.4. The van der Waals surface area contributed by atoms with E-state index in [1.807, 2.05) is 4.90 Å². The van der Waals surface area contributed by atoms with Crippen LogP contribution in [0.15, 0.2) is 18.2 Å². The molecule has 0 amide bonds. The quantitative estimate of drug-likeness (QED) is 0.446. The number of esters is 2. The van der Waals surface area contributed by atoms with Crippen molar-refractivity contribution >= 4 is 23.3 Å². The molecule has 1 aromatic rings. The van der Waals surface area contributed by atoms with Gasteiger partial charge in [0.05, 0.1) is 16.6 Å². The molecular weight excluding hydrogens is 316 g/mol. The SMILES string of the molecule is CC(C)OC(=O)COC(=O)c1ccc(N2CCCC2)c([N+](=O)[O-])c1. The topological polar surface area (TPSA) is 99.0 Å². The summed E-state index contributed by atoms with van der Waals surface area (Å²) in [7, 11) is 0. The fourth-order valence-corrected chi connectivity index (χ4v) is 2.53. The third-order valence-electron chi connectivity index (χ3n) is 3.54. The van der Waals surface area contributed by atoms with Crippen LogP contribution in [0.25, 0.3) is 0 Å². The smallest absolute Gasteiger partial charge is 0.344 e. The first-order valence-corrected chi connectivity index (χ1v) is 7.78. The summed E-state index contributed by atoms with van der Waals surface area (Å²) in [6.45, 7) is 4.34. The Morgan fingerprint density at radius 2 is 1.96 bits per heavy atom. The molecule has 0 unspecified atom stereocenters. The van der Waals surface area contributed by atoms with Gasteiger partial charge in [-0.3, -0.25) is 10.1 Å². The number of ether oxygens (including phenoxy) is 2. The standard InChI is InChI=1S/C16H20N2O6/c1-11(2)24-15(19)10-23-16(20)12-5-6-13(14(9-12)18(21)22)17-7-3-4-8-17/h5-6,9,11H,3-4,7-8,10H2,1-2H3. The third kappa shape index (κ3) is 4.43. The number of nitro groups is 1. The Morgan fingerprint density at radius 1 is 1.29 bits per heavy atom. The Kier molecular flexibility index (Phi) is 5.73. The van der Waals surface area contributed by atoms with Gasteiger partial charge >= 0.3 is 11.9 Å². The molecule has 1 heterocycles. The zero-order valence-electron chi connectivity index (χ0n) is 13.7. The summed E-state index contributed by atoms with van der Waals surface area (Å²) in [4.78, 5) is 36.1. The second kappa shape index (κ2) is 7.76. The minimum absolute atomic E-state index is 0.0296. The van der Waals surface area contributed by atoms with Gasteiger partial charge in [0.2, 0.25) is 0 Å². The summed E-state index contributed by atoms with van der Waals surface area (Å²) in [5.41, 5.74) is 0.381.